The molecule has 2 amide bonds. The number of nitrogens with zero attached hydrogens (tertiary/aromatic N) is 2. The molecule has 2 aromatic heterocycles. The number of benzene rings is 2. The smallest absolute Gasteiger partial charge is 0.319 e. The van der Waals surface area contributed by atoms with Crippen LogP contribution in [0.5, 0.6) is 5.75 Å². The minimum Gasteiger partial charge on any atom is -0.486 e. The van der Waals surface area contributed by atoms with Gasteiger partial charge in [0.1, 0.15) is 17.4 Å². The van der Waals surface area contributed by atoms with Crippen LogP contribution >= 0.6 is 11.3 Å². The van der Waals surface area contributed by atoms with Crippen LogP contribution < -0.4 is 21.1 Å². The molecule has 8 heteroatoms. The van der Waals surface area contributed by atoms with Crippen molar-refractivity contribution in [2.75, 3.05) is 11.1 Å². The van der Waals surface area contributed by atoms with E-state index in [1.165, 1.54) is 6.42 Å². The maximum absolute atomic E-state index is 12.0. The number of anilines is 2. The molecule has 2 heterocycles. The van der Waals surface area contributed by atoms with Crippen LogP contribution in [0.25, 0.3) is 22.2 Å². The van der Waals surface area contributed by atoms with Crippen LogP contribution in [0, 0.1) is 0 Å². The Morgan fingerprint density at radius 3 is 2.68 bits per heavy atom. The molecule has 0 aliphatic heterocycles. The lowest BCUT2D eigenvalue weighted by Crippen LogP contribution is -2.34. The van der Waals surface area contributed by atoms with E-state index in [4.69, 9.17) is 10.5 Å². The molecule has 0 atom stereocenters. The molecular weight excluding hydrogens is 446 g/mol. The molecule has 0 saturated heterocycles. The molecule has 1 aliphatic carbocycles. The lowest BCUT2D eigenvalue weighted by atomic mass is 9.92. The van der Waals surface area contributed by atoms with Gasteiger partial charge in [-0.05, 0) is 57.4 Å². The second-order valence-electron chi connectivity index (χ2n) is 8.94. The van der Waals surface area contributed by atoms with Gasteiger partial charge in [-0.1, -0.05) is 12.1 Å². The first-order valence-corrected chi connectivity index (χ1v) is 12.5. The summed E-state index contributed by atoms with van der Waals surface area (Å²) in [5.41, 5.74) is 11.4. The molecule has 176 valence electrons. The number of aromatic nitrogens is 2. The number of amides is 2. The predicted octanol–water partition coefficient (Wildman–Crippen LogP) is 6.18. The number of carbonyl (C=O) groups is 1. The highest BCUT2D eigenvalue weighted by molar-refractivity contribution is 7.09. The average Bonchev–Trinajstić information content (AvgIpc) is 3.38. The van der Waals surface area contributed by atoms with E-state index in [1.54, 1.807) is 17.5 Å². The van der Waals surface area contributed by atoms with Gasteiger partial charge in [0.25, 0.3) is 0 Å². The van der Waals surface area contributed by atoms with Crippen molar-refractivity contribution in [3.05, 3.63) is 59.0 Å². The molecule has 34 heavy (non-hydrogen) atoms. The van der Waals surface area contributed by atoms with Gasteiger partial charge in [-0.2, -0.15) is 0 Å². The first-order valence-electron chi connectivity index (χ1n) is 11.6. The van der Waals surface area contributed by atoms with Crippen LogP contribution in [-0.4, -0.2) is 21.6 Å². The molecule has 0 unspecified atom stereocenters. The van der Waals surface area contributed by atoms with E-state index in [-0.39, 0.29) is 12.1 Å². The fourth-order valence-corrected chi connectivity index (χ4v) is 4.86. The standard InChI is InChI=1S/C26H29N5O2S/c1-16(2)29-26(32)30-18-8-6-17(7-9-18)25-24(27)21-11-10-20(33-15-23-28-12-13-34-23)14-22(21)31(25)19-4-3-5-19/h6-14,16,19H,3-5,15,27H2,1-2H3,(H2,29,30,32). The van der Waals surface area contributed by atoms with Crippen LogP contribution in [0.2, 0.25) is 0 Å². The molecule has 5 rings (SSSR count). The zero-order valence-corrected chi connectivity index (χ0v) is 20.2. The summed E-state index contributed by atoms with van der Waals surface area (Å²) in [5.74, 6) is 0.808. The molecule has 0 spiro atoms. The molecule has 4 N–H and O–H groups in total. The normalized spacial score (nSPS) is 13.7. The molecule has 2 aromatic carbocycles. The van der Waals surface area contributed by atoms with Crippen molar-refractivity contribution in [2.45, 2.75) is 51.8 Å². The SMILES string of the molecule is CC(C)NC(=O)Nc1ccc(-c2c(N)c3ccc(OCc4nccs4)cc3n2C2CCC2)cc1. The van der Waals surface area contributed by atoms with Gasteiger partial charge >= 0.3 is 6.03 Å². The molecule has 1 aliphatic rings. The van der Waals surface area contributed by atoms with Gasteiger partial charge in [0.2, 0.25) is 0 Å². The quantitative estimate of drug-likeness (QED) is 0.297. The van der Waals surface area contributed by atoms with Gasteiger partial charge in [0.05, 0.1) is 16.9 Å². The van der Waals surface area contributed by atoms with Gasteiger partial charge < -0.3 is 25.7 Å². The molecule has 4 aromatic rings. The van der Waals surface area contributed by atoms with Crippen molar-refractivity contribution >= 4 is 39.6 Å². The number of rotatable bonds is 7. The van der Waals surface area contributed by atoms with Crippen molar-refractivity contribution in [2.24, 2.45) is 0 Å². The molecule has 7 nitrogen and oxygen atoms in total. The second-order valence-corrected chi connectivity index (χ2v) is 9.92. The highest BCUT2D eigenvalue weighted by Gasteiger charge is 2.27. The lowest BCUT2D eigenvalue weighted by molar-refractivity contribution is 0.250. The first-order chi connectivity index (χ1) is 16.5. The maximum Gasteiger partial charge on any atom is 0.319 e. The first kappa shape index (κ1) is 22.3. The fraction of sp³-hybridized carbons (Fsp3) is 0.308. The summed E-state index contributed by atoms with van der Waals surface area (Å²) in [5, 5.41) is 9.65. The van der Waals surface area contributed by atoms with E-state index in [0.717, 1.165) is 57.1 Å². The number of nitrogens with one attached hydrogen (secondary N) is 2. The van der Waals surface area contributed by atoms with Crippen LogP contribution in [-0.2, 0) is 6.61 Å². The molecule has 1 fully saturated rings. The van der Waals surface area contributed by atoms with E-state index in [2.05, 4.69) is 26.3 Å². The third-order valence-electron chi connectivity index (χ3n) is 6.14. The Balaban J connectivity index is 1.47. The average molecular weight is 476 g/mol. The van der Waals surface area contributed by atoms with Crippen LogP contribution in [0.3, 0.4) is 0 Å². The molecule has 0 bridgehead atoms. The van der Waals surface area contributed by atoms with Gasteiger partial charge in [-0.15, -0.1) is 11.3 Å². The number of ether oxygens (including phenoxy) is 1. The Labute approximate surface area is 202 Å². The molecule has 1 saturated carbocycles. The fourth-order valence-electron chi connectivity index (χ4n) is 4.33. The van der Waals surface area contributed by atoms with Crippen LogP contribution in [0.15, 0.2) is 54.0 Å². The number of urea groups is 1. The van der Waals surface area contributed by atoms with E-state index in [9.17, 15) is 4.79 Å². The van der Waals surface area contributed by atoms with Gasteiger partial charge in [-0.3, -0.25) is 0 Å². The highest BCUT2D eigenvalue weighted by Crippen LogP contribution is 2.45. The predicted molar refractivity (Wildman–Crippen MR) is 138 cm³/mol. The number of hydrogen-bond acceptors (Lipinski definition) is 5. The summed E-state index contributed by atoms with van der Waals surface area (Å²) in [6.45, 7) is 4.31. The lowest BCUT2D eigenvalue weighted by Gasteiger charge is -2.30. The molecule has 0 radical (unpaired) electrons. The van der Waals surface area contributed by atoms with Gasteiger partial charge in [0, 0.05) is 46.4 Å². The molecular formula is C26H29N5O2S. The summed E-state index contributed by atoms with van der Waals surface area (Å²) < 4.78 is 8.40. The van der Waals surface area contributed by atoms with Gasteiger partial charge in [-0.25, -0.2) is 9.78 Å². The summed E-state index contributed by atoms with van der Waals surface area (Å²) in [7, 11) is 0. The van der Waals surface area contributed by atoms with E-state index in [0.29, 0.717) is 12.6 Å². The third-order valence-corrected chi connectivity index (χ3v) is 6.89. The largest absolute Gasteiger partial charge is 0.486 e. The van der Waals surface area contributed by atoms with E-state index < -0.39 is 0 Å². The van der Waals surface area contributed by atoms with Crippen molar-refractivity contribution in [1.29, 1.82) is 0 Å². The minimum absolute atomic E-state index is 0.0766. The van der Waals surface area contributed by atoms with Gasteiger partial charge in [0.15, 0.2) is 0 Å². The Bertz CT molecular complexity index is 1290. The van der Waals surface area contributed by atoms with E-state index >= 15 is 0 Å². The van der Waals surface area contributed by atoms with E-state index in [1.807, 2.05) is 55.6 Å². The summed E-state index contributed by atoms with van der Waals surface area (Å²) >= 11 is 1.59. The zero-order valence-electron chi connectivity index (χ0n) is 19.4. The number of fused-ring (bicyclic) bond motifs is 1. The second kappa shape index (κ2) is 9.38. The number of nitrogen functional groups attached to an aromatic ring is 1. The number of thiazole rings is 1. The van der Waals surface area contributed by atoms with Crippen LogP contribution in [0.1, 0.15) is 44.2 Å². The summed E-state index contributed by atoms with van der Waals surface area (Å²) in [4.78, 5) is 16.3. The van der Waals surface area contributed by atoms with Crippen LogP contribution in [0.4, 0.5) is 16.2 Å². The highest BCUT2D eigenvalue weighted by atomic mass is 32.1. The Kier molecular flexibility index (Phi) is 6.15. The minimum atomic E-state index is -0.212. The Morgan fingerprint density at radius 1 is 1.24 bits per heavy atom. The Morgan fingerprint density at radius 2 is 2.03 bits per heavy atom. The van der Waals surface area contributed by atoms with Crippen molar-refractivity contribution in [1.82, 2.24) is 14.9 Å². The summed E-state index contributed by atoms with van der Waals surface area (Å²) in [6, 6.07) is 14.3. The number of nitrogens with two attached hydrogens (primary N) is 1. The Hall–Kier alpha value is -3.52. The topological polar surface area (TPSA) is 94.2 Å². The zero-order chi connectivity index (χ0) is 23.7. The third kappa shape index (κ3) is 4.46. The number of carbonyl (C=O) groups excluding carboxylic acids is 1. The monoisotopic (exact) mass is 475 g/mol. The van der Waals surface area contributed by atoms with Crippen molar-refractivity contribution in [3.8, 4) is 17.0 Å². The van der Waals surface area contributed by atoms with Crippen molar-refractivity contribution < 1.29 is 9.53 Å². The summed E-state index contributed by atoms with van der Waals surface area (Å²) in [6.07, 6.45) is 5.28. The van der Waals surface area contributed by atoms with Crippen molar-refractivity contribution in [3.63, 3.8) is 0 Å². The maximum atomic E-state index is 12.0. The number of hydrogen-bond donors (Lipinski definition) is 3.